The molecule has 3 aromatic rings. The zero-order chi connectivity index (χ0) is 18.3. The monoisotopic (exact) mass is 350 g/mol. The van der Waals surface area contributed by atoms with Crippen molar-refractivity contribution in [3.8, 4) is 11.3 Å². The maximum atomic E-state index is 12.9. The van der Waals surface area contributed by atoms with Crippen LogP contribution in [0.15, 0.2) is 41.8 Å². The number of rotatable bonds is 2. The molecule has 0 radical (unpaired) electrons. The molecular weight excluding hydrogens is 332 g/mol. The van der Waals surface area contributed by atoms with E-state index in [0.29, 0.717) is 19.5 Å². The van der Waals surface area contributed by atoms with Gasteiger partial charge in [-0.3, -0.25) is 14.3 Å². The van der Waals surface area contributed by atoms with E-state index in [-0.39, 0.29) is 17.0 Å². The Hall–Kier alpha value is -3.29. The van der Waals surface area contributed by atoms with Crippen LogP contribution in [-0.4, -0.2) is 41.7 Å². The Balaban J connectivity index is 1.70. The van der Waals surface area contributed by atoms with E-state index in [2.05, 4.69) is 15.1 Å². The maximum absolute atomic E-state index is 12.9. The zero-order valence-corrected chi connectivity index (χ0v) is 14.6. The summed E-state index contributed by atoms with van der Waals surface area (Å²) in [6.07, 6.45) is 7.45. The summed E-state index contributed by atoms with van der Waals surface area (Å²) < 4.78 is 3.12. The molecule has 4 heterocycles. The van der Waals surface area contributed by atoms with Crippen molar-refractivity contribution < 1.29 is 4.79 Å². The number of carbonyl (C=O) groups excluding carboxylic acids is 1. The van der Waals surface area contributed by atoms with Crippen molar-refractivity contribution in [1.29, 1.82) is 0 Å². The fraction of sp³-hybridized carbons (Fsp3) is 0.278. The molecule has 0 unspecified atom stereocenters. The van der Waals surface area contributed by atoms with Crippen LogP contribution in [0.5, 0.6) is 0 Å². The highest BCUT2D eigenvalue weighted by Crippen LogP contribution is 2.27. The average Bonchev–Trinajstić information content (AvgIpc) is 3.08. The van der Waals surface area contributed by atoms with Gasteiger partial charge in [0.1, 0.15) is 11.9 Å². The minimum atomic E-state index is -0.292. The van der Waals surface area contributed by atoms with Crippen LogP contribution in [0.4, 0.5) is 0 Å². The van der Waals surface area contributed by atoms with Gasteiger partial charge in [-0.1, -0.05) is 0 Å². The van der Waals surface area contributed by atoms with Crippen LogP contribution in [0.2, 0.25) is 0 Å². The van der Waals surface area contributed by atoms with Crippen LogP contribution >= 0.6 is 0 Å². The number of nitrogens with zero attached hydrogens (tertiary/aromatic N) is 6. The Morgan fingerprint density at radius 3 is 2.85 bits per heavy atom. The normalized spacial score (nSPS) is 13.5. The first kappa shape index (κ1) is 16.2. The molecule has 1 amide bonds. The van der Waals surface area contributed by atoms with Gasteiger partial charge in [0.15, 0.2) is 0 Å². The van der Waals surface area contributed by atoms with Crippen LogP contribution in [0.25, 0.3) is 11.3 Å². The second kappa shape index (κ2) is 6.21. The predicted octanol–water partition coefficient (Wildman–Crippen LogP) is 0.774. The highest BCUT2D eigenvalue weighted by atomic mass is 16.2. The molecule has 0 saturated carbocycles. The number of aryl methyl sites for hydroxylation is 2. The van der Waals surface area contributed by atoms with E-state index in [1.807, 2.05) is 13.2 Å². The SMILES string of the molecule is Cn1cc(-c2ncnc3c2CN(C(=O)c2cccn(C)c2=O)CC3)cn1. The second-order valence-corrected chi connectivity index (χ2v) is 6.36. The lowest BCUT2D eigenvalue weighted by Crippen LogP contribution is -2.39. The minimum absolute atomic E-state index is 0.179. The van der Waals surface area contributed by atoms with Gasteiger partial charge in [-0.05, 0) is 12.1 Å². The summed E-state index contributed by atoms with van der Waals surface area (Å²) in [5.74, 6) is -0.266. The Bertz CT molecular complexity index is 1050. The van der Waals surface area contributed by atoms with E-state index in [1.54, 1.807) is 47.5 Å². The van der Waals surface area contributed by atoms with Crippen molar-refractivity contribution in [3.63, 3.8) is 0 Å². The molecule has 0 atom stereocenters. The second-order valence-electron chi connectivity index (χ2n) is 6.36. The largest absolute Gasteiger partial charge is 0.334 e. The third kappa shape index (κ3) is 2.69. The molecule has 0 fully saturated rings. The number of fused-ring (bicyclic) bond motifs is 1. The third-order valence-electron chi connectivity index (χ3n) is 4.62. The Morgan fingerprint density at radius 2 is 2.08 bits per heavy atom. The number of carbonyl (C=O) groups is 1. The molecular formula is C18H18N6O2. The van der Waals surface area contributed by atoms with Crippen molar-refractivity contribution >= 4 is 5.91 Å². The van der Waals surface area contributed by atoms with E-state index < -0.39 is 0 Å². The number of amides is 1. The Morgan fingerprint density at radius 1 is 1.23 bits per heavy atom. The smallest absolute Gasteiger partial charge is 0.263 e. The van der Waals surface area contributed by atoms with Crippen LogP contribution in [0, 0.1) is 0 Å². The summed E-state index contributed by atoms with van der Waals surface area (Å²) in [5.41, 5.74) is 3.40. The first-order valence-electron chi connectivity index (χ1n) is 8.31. The number of hydrogen-bond donors (Lipinski definition) is 0. The van der Waals surface area contributed by atoms with Gasteiger partial charge in [0, 0.05) is 57.1 Å². The molecule has 4 rings (SSSR count). The maximum Gasteiger partial charge on any atom is 0.263 e. The Kier molecular flexibility index (Phi) is 3.87. The molecule has 1 aliphatic heterocycles. The van der Waals surface area contributed by atoms with Crippen LogP contribution in [0.3, 0.4) is 0 Å². The molecule has 1 aliphatic rings. The van der Waals surface area contributed by atoms with E-state index in [9.17, 15) is 9.59 Å². The van der Waals surface area contributed by atoms with Crippen LogP contribution < -0.4 is 5.56 Å². The first-order valence-corrected chi connectivity index (χ1v) is 8.31. The zero-order valence-electron chi connectivity index (χ0n) is 14.6. The summed E-state index contributed by atoms with van der Waals surface area (Å²) in [6.45, 7) is 0.894. The number of aromatic nitrogens is 5. The van der Waals surface area contributed by atoms with Gasteiger partial charge in [0.05, 0.1) is 17.6 Å². The molecule has 0 aliphatic carbocycles. The molecule has 0 spiro atoms. The lowest BCUT2D eigenvalue weighted by molar-refractivity contribution is 0.0731. The number of hydrogen-bond acceptors (Lipinski definition) is 5. The standard InChI is InChI=1S/C18H18N6O2/c1-22-6-3-4-13(17(22)25)18(26)24-7-5-15-14(10-24)16(20-11-19-15)12-8-21-23(2)9-12/h3-4,6,8-9,11H,5,7,10H2,1-2H3. The Labute approximate surface area is 149 Å². The van der Waals surface area contributed by atoms with Gasteiger partial charge < -0.3 is 9.47 Å². The number of pyridine rings is 1. The molecule has 26 heavy (non-hydrogen) atoms. The van der Waals surface area contributed by atoms with Crippen molar-refractivity contribution in [1.82, 2.24) is 29.2 Å². The molecule has 0 saturated heterocycles. The highest BCUT2D eigenvalue weighted by molar-refractivity contribution is 5.94. The van der Waals surface area contributed by atoms with Gasteiger partial charge >= 0.3 is 0 Å². The van der Waals surface area contributed by atoms with Crippen molar-refractivity contribution in [2.45, 2.75) is 13.0 Å². The fourth-order valence-electron chi connectivity index (χ4n) is 3.24. The topological polar surface area (TPSA) is 85.9 Å². The average molecular weight is 350 g/mol. The summed E-state index contributed by atoms with van der Waals surface area (Å²) in [5, 5.41) is 4.20. The third-order valence-corrected chi connectivity index (χ3v) is 4.62. The van der Waals surface area contributed by atoms with E-state index in [4.69, 9.17) is 0 Å². The van der Waals surface area contributed by atoms with Gasteiger partial charge in [-0.2, -0.15) is 5.10 Å². The quantitative estimate of drug-likeness (QED) is 0.682. The fourth-order valence-corrected chi connectivity index (χ4v) is 3.24. The van der Waals surface area contributed by atoms with Crippen molar-refractivity contribution in [2.24, 2.45) is 14.1 Å². The molecule has 8 heteroatoms. The first-order chi connectivity index (χ1) is 12.5. The van der Waals surface area contributed by atoms with Gasteiger partial charge in [-0.25, -0.2) is 9.97 Å². The summed E-state index contributed by atoms with van der Waals surface area (Å²) in [6, 6.07) is 3.28. The molecule has 132 valence electrons. The van der Waals surface area contributed by atoms with E-state index in [1.165, 1.54) is 4.57 Å². The van der Waals surface area contributed by atoms with Gasteiger partial charge in [0.2, 0.25) is 0 Å². The van der Waals surface area contributed by atoms with E-state index in [0.717, 1.165) is 22.5 Å². The summed E-state index contributed by atoms with van der Waals surface area (Å²) in [7, 11) is 3.48. The van der Waals surface area contributed by atoms with Crippen LogP contribution in [-0.2, 0) is 27.1 Å². The van der Waals surface area contributed by atoms with E-state index >= 15 is 0 Å². The molecule has 0 bridgehead atoms. The van der Waals surface area contributed by atoms with Gasteiger partial charge in [-0.15, -0.1) is 0 Å². The minimum Gasteiger partial charge on any atom is -0.334 e. The molecule has 8 nitrogen and oxygen atoms in total. The summed E-state index contributed by atoms with van der Waals surface area (Å²) in [4.78, 5) is 35.6. The van der Waals surface area contributed by atoms with Crippen molar-refractivity contribution in [3.05, 3.63) is 64.2 Å². The summed E-state index contributed by atoms with van der Waals surface area (Å²) >= 11 is 0. The van der Waals surface area contributed by atoms with Crippen LogP contribution in [0.1, 0.15) is 21.6 Å². The lowest BCUT2D eigenvalue weighted by atomic mass is 10.0. The lowest BCUT2D eigenvalue weighted by Gasteiger charge is -2.29. The molecule has 0 N–H and O–H groups in total. The predicted molar refractivity (Wildman–Crippen MR) is 94.4 cm³/mol. The van der Waals surface area contributed by atoms with Crippen molar-refractivity contribution in [2.75, 3.05) is 6.54 Å². The van der Waals surface area contributed by atoms with Gasteiger partial charge in [0.25, 0.3) is 11.5 Å². The highest BCUT2D eigenvalue weighted by Gasteiger charge is 2.27. The molecule has 3 aromatic heterocycles. The molecule has 0 aromatic carbocycles.